The lowest BCUT2D eigenvalue weighted by Gasteiger charge is -2.36. The Labute approximate surface area is 89.7 Å². The number of nitrogens with two attached hydrogens (primary N) is 1. The third-order valence-electron chi connectivity index (χ3n) is 3.13. The van der Waals surface area contributed by atoms with Gasteiger partial charge < -0.3 is 11.1 Å². The molecule has 0 aliphatic carbocycles. The monoisotopic (exact) mass is 208 g/mol. The van der Waals surface area contributed by atoms with Gasteiger partial charge in [-0.15, -0.1) is 0 Å². The summed E-state index contributed by atoms with van der Waals surface area (Å²) in [6, 6.07) is 9.21. The minimum Gasteiger partial charge on any atom is -0.322 e. The minimum absolute atomic E-state index is 0.688. The standard InChI is InChI=1S/C12H17FN2/c13-11(10-4-2-1-3-5-10)12(14)6-8-15-9-7-12/h1-5,11,15H,6-9,14H2. The highest BCUT2D eigenvalue weighted by molar-refractivity contribution is 5.21. The quantitative estimate of drug-likeness (QED) is 0.777. The van der Waals surface area contributed by atoms with Crippen molar-refractivity contribution >= 4 is 0 Å². The number of piperidine rings is 1. The molecule has 1 saturated heterocycles. The first-order chi connectivity index (χ1) is 7.22. The molecule has 15 heavy (non-hydrogen) atoms. The van der Waals surface area contributed by atoms with Gasteiger partial charge in [-0.2, -0.15) is 0 Å². The molecule has 1 aromatic rings. The third-order valence-corrected chi connectivity index (χ3v) is 3.13. The minimum atomic E-state index is -1.05. The van der Waals surface area contributed by atoms with Gasteiger partial charge >= 0.3 is 0 Å². The number of nitrogens with one attached hydrogen (secondary N) is 1. The van der Waals surface area contributed by atoms with Crippen LogP contribution in [0.25, 0.3) is 0 Å². The molecule has 3 N–H and O–H groups in total. The van der Waals surface area contributed by atoms with Crippen molar-refractivity contribution in [2.75, 3.05) is 13.1 Å². The Morgan fingerprint density at radius 1 is 1.20 bits per heavy atom. The molecule has 0 spiro atoms. The Balaban J connectivity index is 2.16. The zero-order valence-electron chi connectivity index (χ0n) is 8.75. The molecule has 1 atom stereocenters. The highest BCUT2D eigenvalue weighted by atomic mass is 19.1. The Bertz CT molecular complexity index is 307. The second-order valence-corrected chi connectivity index (χ2v) is 4.26. The van der Waals surface area contributed by atoms with Crippen LogP contribution in [0.3, 0.4) is 0 Å². The molecule has 1 aromatic carbocycles. The summed E-state index contributed by atoms with van der Waals surface area (Å²) in [4.78, 5) is 0. The largest absolute Gasteiger partial charge is 0.322 e. The van der Waals surface area contributed by atoms with Crippen LogP contribution < -0.4 is 11.1 Å². The van der Waals surface area contributed by atoms with E-state index in [1.54, 1.807) is 12.1 Å². The highest BCUT2D eigenvalue weighted by Crippen LogP contribution is 2.33. The molecule has 0 radical (unpaired) electrons. The summed E-state index contributed by atoms with van der Waals surface area (Å²) < 4.78 is 14.3. The maximum atomic E-state index is 14.3. The molecule has 0 aromatic heterocycles. The topological polar surface area (TPSA) is 38.0 Å². The van der Waals surface area contributed by atoms with Gasteiger partial charge in [0.05, 0.1) is 5.54 Å². The van der Waals surface area contributed by atoms with Crippen LogP contribution in [0.2, 0.25) is 0 Å². The average molecular weight is 208 g/mol. The van der Waals surface area contributed by atoms with E-state index >= 15 is 0 Å². The van der Waals surface area contributed by atoms with Crippen LogP contribution in [0.15, 0.2) is 30.3 Å². The van der Waals surface area contributed by atoms with E-state index in [-0.39, 0.29) is 0 Å². The van der Waals surface area contributed by atoms with Gasteiger partial charge in [0, 0.05) is 0 Å². The van der Waals surface area contributed by atoms with E-state index in [0.717, 1.165) is 13.1 Å². The summed E-state index contributed by atoms with van der Waals surface area (Å²) in [5.74, 6) is 0. The van der Waals surface area contributed by atoms with E-state index in [4.69, 9.17) is 5.73 Å². The summed E-state index contributed by atoms with van der Waals surface area (Å²) >= 11 is 0. The van der Waals surface area contributed by atoms with Crippen LogP contribution in [-0.2, 0) is 0 Å². The lowest BCUT2D eigenvalue weighted by Crippen LogP contribution is -2.51. The molecule has 3 heteroatoms. The molecule has 2 rings (SSSR count). The van der Waals surface area contributed by atoms with Crippen molar-refractivity contribution in [3.8, 4) is 0 Å². The molecule has 1 fully saturated rings. The first-order valence-electron chi connectivity index (χ1n) is 5.41. The molecule has 2 nitrogen and oxygen atoms in total. The van der Waals surface area contributed by atoms with Crippen LogP contribution in [0.5, 0.6) is 0 Å². The Morgan fingerprint density at radius 2 is 1.80 bits per heavy atom. The lowest BCUT2D eigenvalue weighted by atomic mass is 9.82. The fourth-order valence-electron chi connectivity index (χ4n) is 2.10. The molecule has 1 unspecified atom stereocenters. The first-order valence-corrected chi connectivity index (χ1v) is 5.41. The molecular formula is C12H17FN2. The van der Waals surface area contributed by atoms with Gasteiger partial charge in [-0.05, 0) is 31.5 Å². The highest BCUT2D eigenvalue weighted by Gasteiger charge is 2.37. The van der Waals surface area contributed by atoms with E-state index in [1.807, 2.05) is 18.2 Å². The Kier molecular flexibility index (Phi) is 3.03. The summed E-state index contributed by atoms with van der Waals surface area (Å²) in [7, 11) is 0. The zero-order valence-corrected chi connectivity index (χ0v) is 8.75. The summed E-state index contributed by atoms with van der Waals surface area (Å²) in [6.45, 7) is 1.62. The Hall–Kier alpha value is -0.930. The van der Waals surface area contributed by atoms with E-state index in [1.165, 1.54) is 0 Å². The number of hydrogen-bond acceptors (Lipinski definition) is 2. The molecule has 1 aliphatic rings. The lowest BCUT2D eigenvalue weighted by molar-refractivity contribution is 0.150. The predicted octanol–water partition coefficient (Wildman–Crippen LogP) is 1.78. The number of alkyl halides is 1. The van der Waals surface area contributed by atoms with Crippen LogP contribution in [0, 0.1) is 0 Å². The van der Waals surface area contributed by atoms with Gasteiger partial charge in [-0.1, -0.05) is 30.3 Å². The van der Waals surface area contributed by atoms with Crippen molar-refractivity contribution in [1.82, 2.24) is 5.32 Å². The van der Waals surface area contributed by atoms with Gasteiger partial charge in [0.2, 0.25) is 0 Å². The number of benzene rings is 1. The molecule has 1 heterocycles. The molecule has 0 amide bonds. The molecular weight excluding hydrogens is 191 g/mol. The van der Waals surface area contributed by atoms with Crippen LogP contribution >= 0.6 is 0 Å². The fourth-order valence-corrected chi connectivity index (χ4v) is 2.10. The maximum absolute atomic E-state index is 14.3. The smallest absolute Gasteiger partial charge is 0.143 e. The van der Waals surface area contributed by atoms with Crippen molar-refractivity contribution in [3.63, 3.8) is 0 Å². The summed E-state index contributed by atoms with van der Waals surface area (Å²) in [6.07, 6.45) is 0.340. The van der Waals surface area contributed by atoms with Gasteiger partial charge in [0.25, 0.3) is 0 Å². The van der Waals surface area contributed by atoms with E-state index < -0.39 is 11.7 Å². The molecule has 0 saturated carbocycles. The van der Waals surface area contributed by atoms with Crippen molar-refractivity contribution in [1.29, 1.82) is 0 Å². The van der Waals surface area contributed by atoms with Crippen LogP contribution in [0.4, 0.5) is 4.39 Å². The average Bonchev–Trinajstić information content (AvgIpc) is 2.30. The SMILES string of the molecule is NC1(C(F)c2ccccc2)CCNCC1. The van der Waals surface area contributed by atoms with E-state index in [0.29, 0.717) is 18.4 Å². The van der Waals surface area contributed by atoms with Gasteiger partial charge in [0.15, 0.2) is 0 Å². The van der Waals surface area contributed by atoms with E-state index in [9.17, 15) is 4.39 Å². The van der Waals surface area contributed by atoms with Gasteiger partial charge in [-0.25, -0.2) is 4.39 Å². The van der Waals surface area contributed by atoms with Crippen LogP contribution in [-0.4, -0.2) is 18.6 Å². The number of halogens is 1. The molecule has 82 valence electrons. The fraction of sp³-hybridized carbons (Fsp3) is 0.500. The van der Waals surface area contributed by atoms with Gasteiger partial charge in [-0.3, -0.25) is 0 Å². The second kappa shape index (κ2) is 4.29. The van der Waals surface area contributed by atoms with Crippen molar-refractivity contribution < 1.29 is 4.39 Å². The van der Waals surface area contributed by atoms with Crippen LogP contribution in [0.1, 0.15) is 24.6 Å². The second-order valence-electron chi connectivity index (χ2n) is 4.26. The number of rotatable bonds is 2. The molecule has 1 aliphatic heterocycles. The molecule has 0 bridgehead atoms. The number of hydrogen-bond donors (Lipinski definition) is 2. The van der Waals surface area contributed by atoms with Gasteiger partial charge in [0.1, 0.15) is 6.17 Å². The van der Waals surface area contributed by atoms with Crippen molar-refractivity contribution in [2.45, 2.75) is 24.6 Å². The van der Waals surface area contributed by atoms with E-state index in [2.05, 4.69) is 5.32 Å². The van der Waals surface area contributed by atoms with Crippen molar-refractivity contribution in [3.05, 3.63) is 35.9 Å². The third kappa shape index (κ3) is 2.19. The predicted molar refractivity (Wildman–Crippen MR) is 59.3 cm³/mol. The zero-order chi connectivity index (χ0) is 10.7. The first kappa shape index (κ1) is 10.6. The normalized spacial score (nSPS) is 22.3. The van der Waals surface area contributed by atoms with Crippen molar-refractivity contribution in [2.24, 2.45) is 5.73 Å². The Morgan fingerprint density at radius 3 is 2.40 bits per heavy atom. The summed E-state index contributed by atoms with van der Waals surface area (Å²) in [5, 5.41) is 3.20. The maximum Gasteiger partial charge on any atom is 0.143 e. The summed E-state index contributed by atoms with van der Waals surface area (Å²) in [5.41, 5.74) is 6.13.